The van der Waals surface area contributed by atoms with E-state index in [1.165, 1.54) is 5.69 Å². The van der Waals surface area contributed by atoms with Crippen LogP contribution < -0.4 is 5.32 Å². The van der Waals surface area contributed by atoms with Crippen LogP contribution in [0.5, 0.6) is 0 Å². The van der Waals surface area contributed by atoms with Crippen LogP contribution in [0.1, 0.15) is 25.0 Å². The van der Waals surface area contributed by atoms with Crippen molar-refractivity contribution >= 4 is 0 Å². The minimum atomic E-state index is -0.548. The number of piperidine rings is 1. The molecule has 5 nitrogen and oxygen atoms in total. The molecule has 1 fully saturated rings. The Kier molecular flexibility index (Phi) is 3.37. The van der Waals surface area contributed by atoms with Gasteiger partial charge in [-0.25, -0.2) is 4.98 Å². The van der Waals surface area contributed by atoms with Crippen molar-refractivity contribution in [3.63, 3.8) is 0 Å². The molecular formula is C13H22N4O. The molecular weight excluding hydrogens is 228 g/mol. The Morgan fingerprint density at radius 1 is 1.39 bits per heavy atom. The standard InChI is InChI=1S/C13H22N4O/c18-13(3-1-4-14-9-13)10-16-5-2-6-17-11-15-7-12(17)8-16/h7,11,14,18H,1-6,8-10H2. The average molecular weight is 250 g/mol. The van der Waals surface area contributed by atoms with Crippen molar-refractivity contribution in [3.05, 3.63) is 18.2 Å². The van der Waals surface area contributed by atoms with E-state index >= 15 is 0 Å². The minimum Gasteiger partial charge on any atom is -0.387 e. The van der Waals surface area contributed by atoms with Gasteiger partial charge in [-0.05, 0) is 25.8 Å². The molecule has 0 bridgehead atoms. The van der Waals surface area contributed by atoms with E-state index in [-0.39, 0.29) is 0 Å². The van der Waals surface area contributed by atoms with Crippen molar-refractivity contribution in [1.82, 2.24) is 19.8 Å². The maximum absolute atomic E-state index is 10.6. The van der Waals surface area contributed by atoms with E-state index in [1.807, 2.05) is 12.5 Å². The summed E-state index contributed by atoms with van der Waals surface area (Å²) in [5, 5.41) is 13.9. The molecule has 3 rings (SSSR count). The van der Waals surface area contributed by atoms with E-state index in [2.05, 4.69) is 19.8 Å². The Balaban J connectivity index is 1.66. The molecule has 1 aromatic rings. The molecule has 2 aliphatic heterocycles. The maximum atomic E-state index is 10.6. The number of rotatable bonds is 2. The molecule has 18 heavy (non-hydrogen) atoms. The Morgan fingerprint density at radius 2 is 2.33 bits per heavy atom. The average Bonchev–Trinajstić information content (AvgIpc) is 2.69. The van der Waals surface area contributed by atoms with Gasteiger partial charge in [0, 0.05) is 38.9 Å². The summed E-state index contributed by atoms with van der Waals surface area (Å²) in [5.74, 6) is 0. The van der Waals surface area contributed by atoms with Gasteiger partial charge in [-0.1, -0.05) is 0 Å². The molecule has 5 heteroatoms. The van der Waals surface area contributed by atoms with Crippen LogP contribution >= 0.6 is 0 Å². The van der Waals surface area contributed by atoms with Gasteiger partial charge in [-0.2, -0.15) is 0 Å². The molecule has 1 saturated heterocycles. The van der Waals surface area contributed by atoms with Gasteiger partial charge < -0.3 is 15.0 Å². The summed E-state index contributed by atoms with van der Waals surface area (Å²) in [6, 6.07) is 0. The van der Waals surface area contributed by atoms with E-state index in [9.17, 15) is 5.11 Å². The molecule has 1 aromatic heterocycles. The highest BCUT2D eigenvalue weighted by Gasteiger charge is 2.31. The van der Waals surface area contributed by atoms with Crippen LogP contribution in [-0.2, 0) is 13.1 Å². The van der Waals surface area contributed by atoms with E-state index < -0.39 is 5.60 Å². The Morgan fingerprint density at radius 3 is 3.17 bits per heavy atom. The summed E-state index contributed by atoms with van der Waals surface area (Å²) in [4.78, 5) is 6.57. The van der Waals surface area contributed by atoms with Gasteiger partial charge >= 0.3 is 0 Å². The van der Waals surface area contributed by atoms with Gasteiger partial charge in [0.05, 0.1) is 17.6 Å². The third-order valence-electron chi connectivity index (χ3n) is 4.03. The second-order valence-electron chi connectivity index (χ2n) is 5.65. The predicted octanol–water partition coefficient (Wildman–Crippen LogP) is 0.203. The van der Waals surface area contributed by atoms with Gasteiger partial charge in [0.15, 0.2) is 0 Å². The maximum Gasteiger partial charge on any atom is 0.0948 e. The zero-order chi connectivity index (χ0) is 12.4. The van der Waals surface area contributed by atoms with Crippen LogP contribution in [0.4, 0.5) is 0 Å². The van der Waals surface area contributed by atoms with Crippen molar-refractivity contribution in [1.29, 1.82) is 0 Å². The van der Waals surface area contributed by atoms with Gasteiger partial charge in [0.1, 0.15) is 0 Å². The zero-order valence-electron chi connectivity index (χ0n) is 10.8. The number of aromatic nitrogens is 2. The summed E-state index contributed by atoms with van der Waals surface area (Å²) >= 11 is 0. The second kappa shape index (κ2) is 4.99. The normalized spacial score (nSPS) is 29.8. The highest BCUT2D eigenvalue weighted by Crippen LogP contribution is 2.20. The fourth-order valence-electron chi connectivity index (χ4n) is 3.09. The number of nitrogens with one attached hydrogen (secondary N) is 1. The molecule has 0 radical (unpaired) electrons. The Labute approximate surface area is 108 Å². The number of hydrogen-bond acceptors (Lipinski definition) is 4. The molecule has 1 atom stereocenters. The van der Waals surface area contributed by atoms with Crippen LogP contribution in [0.15, 0.2) is 12.5 Å². The van der Waals surface area contributed by atoms with Crippen LogP contribution in [-0.4, -0.2) is 51.3 Å². The first-order valence-electron chi connectivity index (χ1n) is 6.90. The lowest BCUT2D eigenvalue weighted by Crippen LogP contribution is -2.52. The van der Waals surface area contributed by atoms with Crippen LogP contribution in [0.2, 0.25) is 0 Å². The highest BCUT2D eigenvalue weighted by molar-refractivity contribution is 5.01. The van der Waals surface area contributed by atoms with Crippen molar-refractivity contribution in [2.75, 3.05) is 26.2 Å². The SMILES string of the molecule is OC1(CN2CCCn3cncc3C2)CCCNC1. The number of nitrogens with zero attached hydrogens (tertiary/aromatic N) is 3. The molecule has 100 valence electrons. The lowest BCUT2D eigenvalue weighted by atomic mass is 9.93. The smallest absolute Gasteiger partial charge is 0.0948 e. The zero-order valence-corrected chi connectivity index (χ0v) is 10.8. The first-order chi connectivity index (χ1) is 8.75. The summed E-state index contributed by atoms with van der Waals surface area (Å²) in [6.07, 6.45) is 6.97. The molecule has 0 spiro atoms. The largest absolute Gasteiger partial charge is 0.387 e. The van der Waals surface area contributed by atoms with Gasteiger partial charge in [-0.3, -0.25) is 4.90 Å². The van der Waals surface area contributed by atoms with Gasteiger partial charge in [0.25, 0.3) is 0 Å². The molecule has 2 aliphatic rings. The first-order valence-corrected chi connectivity index (χ1v) is 6.90. The number of imidazole rings is 1. The van der Waals surface area contributed by atoms with Gasteiger partial charge in [-0.15, -0.1) is 0 Å². The van der Waals surface area contributed by atoms with E-state index in [4.69, 9.17) is 0 Å². The van der Waals surface area contributed by atoms with Crippen molar-refractivity contribution < 1.29 is 5.11 Å². The molecule has 1 unspecified atom stereocenters. The number of hydrogen-bond donors (Lipinski definition) is 2. The number of β-amino-alcohol motifs (C(OH)–C–C–N with tert-alkyl or cyclic N) is 1. The number of fused-ring (bicyclic) bond motifs is 1. The van der Waals surface area contributed by atoms with Crippen LogP contribution in [0, 0.1) is 0 Å². The fraction of sp³-hybridized carbons (Fsp3) is 0.769. The summed E-state index contributed by atoms with van der Waals surface area (Å²) < 4.78 is 2.23. The Bertz CT molecular complexity index is 397. The molecule has 0 amide bonds. The molecule has 0 aromatic carbocycles. The highest BCUT2D eigenvalue weighted by atomic mass is 16.3. The van der Waals surface area contributed by atoms with Gasteiger partial charge in [0.2, 0.25) is 0 Å². The molecule has 0 aliphatic carbocycles. The van der Waals surface area contributed by atoms with Crippen molar-refractivity contribution in [2.45, 2.75) is 38.0 Å². The first kappa shape index (κ1) is 12.1. The number of aliphatic hydroxyl groups is 1. The molecule has 2 N–H and O–H groups in total. The quantitative estimate of drug-likeness (QED) is 0.787. The summed E-state index contributed by atoms with van der Waals surface area (Å²) in [6.45, 7) is 5.54. The third-order valence-corrected chi connectivity index (χ3v) is 4.03. The molecule has 3 heterocycles. The van der Waals surface area contributed by atoms with Crippen molar-refractivity contribution in [2.24, 2.45) is 0 Å². The fourth-order valence-corrected chi connectivity index (χ4v) is 3.09. The van der Waals surface area contributed by atoms with E-state index in [0.717, 1.165) is 58.5 Å². The van der Waals surface area contributed by atoms with E-state index in [1.54, 1.807) is 0 Å². The monoisotopic (exact) mass is 250 g/mol. The third kappa shape index (κ3) is 2.58. The Hall–Kier alpha value is -0.910. The molecule has 0 saturated carbocycles. The summed E-state index contributed by atoms with van der Waals surface area (Å²) in [7, 11) is 0. The summed E-state index contributed by atoms with van der Waals surface area (Å²) in [5.41, 5.74) is 0.716. The van der Waals surface area contributed by atoms with Crippen LogP contribution in [0.3, 0.4) is 0 Å². The minimum absolute atomic E-state index is 0.548. The van der Waals surface area contributed by atoms with Crippen molar-refractivity contribution in [3.8, 4) is 0 Å². The predicted molar refractivity (Wildman–Crippen MR) is 69.2 cm³/mol. The second-order valence-corrected chi connectivity index (χ2v) is 5.65. The lowest BCUT2D eigenvalue weighted by Gasteiger charge is -2.36. The topological polar surface area (TPSA) is 53.3 Å². The van der Waals surface area contributed by atoms with E-state index in [0.29, 0.717) is 0 Å². The number of aryl methyl sites for hydroxylation is 1. The lowest BCUT2D eigenvalue weighted by molar-refractivity contribution is -0.0170. The van der Waals surface area contributed by atoms with Crippen LogP contribution in [0.25, 0.3) is 0 Å².